The number of anilines is 2. The molecule has 1 aliphatic rings. The van der Waals surface area contributed by atoms with E-state index in [-0.39, 0.29) is 4.90 Å². The lowest BCUT2D eigenvalue weighted by molar-refractivity contribution is 0.102. The minimum atomic E-state index is -3.68. The third-order valence-corrected chi connectivity index (χ3v) is 6.48. The Labute approximate surface area is 162 Å². The standard InChI is InChI=1S/C21H17FN2O3S/c22-17-7-5-16(6-8-17)21(25)23-18-9-11-19(12-10-18)28(26,27)24-14-13-15-3-1-2-4-20(15)24/h1-12H,13-14H2,(H,23,25). The van der Waals surface area contributed by atoms with Crippen molar-refractivity contribution >= 4 is 27.3 Å². The number of sulfonamides is 1. The second kappa shape index (κ2) is 7.09. The van der Waals surface area contributed by atoms with Crippen molar-refractivity contribution in [2.75, 3.05) is 16.2 Å². The molecule has 3 aromatic rings. The van der Waals surface area contributed by atoms with Crippen LogP contribution in [0, 0.1) is 5.82 Å². The number of rotatable bonds is 4. The number of benzene rings is 3. The molecule has 1 N–H and O–H groups in total. The van der Waals surface area contributed by atoms with Gasteiger partial charge in [-0.15, -0.1) is 0 Å². The summed E-state index contributed by atoms with van der Waals surface area (Å²) >= 11 is 0. The molecule has 0 atom stereocenters. The predicted molar refractivity (Wildman–Crippen MR) is 105 cm³/mol. The smallest absolute Gasteiger partial charge is 0.264 e. The van der Waals surface area contributed by atoms with E-state index in [0.717, 1.165) is 5.56 Å². The van der Waals surface area contributed by atoms with Gasteiger partial charge in [0.1, 0.15) is 5.82 Å². The lowest BCUT2D eigenvalue weighted by Crippen LogP contribution is -2.29. The van der Waals surface area contributed by atoms with Crippen molar-refractivity contribution in [3.8, 4) is 0 Å². The summed E-state index contributed by atoms with van der Waals surface area (Å²) in [4.78, 5) is 12.4. The van der Waals surface area contributed by atoms with Crippen LogP contribution in [0.1, 0.15) is 15.9 Å². The molecule has 4 rings (SSSR count). The first kappa shape index (κ1) is 18.2. The molecule has 7 heteroatoms. The number of hydrogen-bond donors (Lipinski definition) is 1. The maximum Gasteiger partial charge on any atom is 0.264 e. The van der Waals surface area contributed by atoms with E-state index in [0.29, 0.717) is 29.9 Å². The average Bonchev–Trinajstić information content (AvgIpc) is 3.14. The van der Waals surface area contributed by atoms with Gasteiger partial charge in [0.05, 0.1) is 10.6 Å². The molecule has 0 spiro atoms. The van der Waals surface area contributed by atoms with Crippen LogP contribution >= 0.6 is 0 Å². The first-order valence-corrected chi connectivity index (χ1v) is 10.2. The van der Waals surface area contributed by atoms with Crippen LogP contribution in [0.3, 0.4) is 0 Å². The zero-order chi connectivity index (χ0) is 19.7. The van der Waals surface area contributed by atoms with E-state index >= 15 is 0 Å². The number of nitrogens with zero attached hydrogens (tertiary/aromatic N) is 1. The Morgan fingerprint density at radius 1 is 0.929 bits per heavy atom. The third-order valence-electron chi connectivity index (χ3n) is 4.65. The SMILES string of the molecule is O=C(Nc1ccc(S(=O)(=O)N2CCc3ccccc32)cc1)c1ccc(F)cc1. The quantitative estimate of drug-likeness (QED) is 0.729. The molecule has 0 aromatic heterocycles. The van der Waals surface area contributed by atoms with Gasteiger partial charge in [-0.3, -0.25) is 9.10 Å². The summed E-state index contributed by atoms with van der Waals surface area (Å²) in [6.07, 6.45) is 0.682. The van der Waals surface area contributed by atoms with E-state index in [1.165, 1.54) is 52.8 Å². The maximum absolute atomic E-state index is 13.0. The van der Waals surface area contributed by atoms with Gasteiger partial charge in [0.25, 0.3) is 15.9 Å². The minimum Gasteiger partial charge on any atom is -0.322 e. The summed E-state index contributed by atoms with van der Waals surface area (Å²) in [5.41, 5.74) is 2.48. The fourth-order valence-electron chi connectivity index (χ4n) is 3.20. The topological polar surface area (TPSA) is 66.5 Å². The van der Waals surface area contributed by atoms with Crippen LogP contribution in [-0.4, -0.2) is 20.9 Å². The molecule has 142 valence electrons. The Morgan fingerprint density at radius 3 is 2.32 bits per heavy atom. The molecule has 0 bridgehead atoms. The van der Waals surface area contributed by atoms with Gasteiger partial charge < -0.3 is 5.32 Å². The highest BCUT2D eigenvalue weighted by Gasteiger charge is 2.30. The number of para-hydroxylation sites is 1. The second-order valence-electron chi connectivity index (χ2n) is 6.44. The van der Waals surface area contributed by atoms with Crippen molar-refractivity contribution in [2.45, 2.75) is 11.3 Å². The molecule has 1 heterocycles. The highest BCUT2D eigenvalue weighted by Crippen LogP contribution is 2.32. The molecule has 1 aliphatic heterocycles. The van der Waals surface area contributed by atoms with Gasteiger partial charge >= 0.3 is 0 Å². The Bertz CT molecular complexity index is 1130. The van der Waals surface area contributed by atoms with Crippen LogP contribution in [0.5, 0.6) is 0 Å². The van der Waals surface area contributed by atoms with Crippen LogP contribution in [-0.2, 0) is 16.4 Å². The van der Waals surface area contributed by atoms with Gasteiger partial charge in [0.2, 0.25) is 0 Å². The highest BCUT2D eigenvalue weighted by atomic mass is 32.2. The summed E-state index contributed by atoms with van der Waals surface area (Å²) in [5, 5.41) is 2.67. The molecular formula is C21H17FN2O3S. The van der Waals surface area contributed by atoms with Gasteiger partial charge in [0.15, 0.2) is 0 Å². The summed E-state index contributed by atoms with van der Waals surface area (Å²) in [5.74, 6) is -0.821. The van der Waals surface area contributed by atoms with E-state index in [1.807, 2.05) is 18.2 Å². The third kappa shape index (κ3) is 3.36. The van der Waals surface area contributed by atoms with Crippen LogP contribution in [0.25, 0.3) is 0 Å². The molecule has 0 fully saturated rings. The van der Waals surface area contributed by atoms with Crippen molar-refractivity contribution < 1.29 is 17.6 Å². The van der Waals surface area contributed by atoms with Gasteiger partial charge in [-0.1, -0.05) is 18.2 Å². The zero-order valence-electron chi connectivity index (χ0n) is 14.8. The molecule has 0 saturated heterocycles. The van der Waals surface area contributed by atoms with Crippen LogP contribution in [0.2, 0.25) is 0 Å². The zero-order valence-corrected chi connectivity index (χ0v) is 15.6. The number of nitrogens with one attached hydrogen (secondary N) is 1. The first-order chi connectivity index (χ1) is 13.4. The summed E-state index contributed by atoms with van der Waals surface area (Å²) in [6.45, 7) is 0.407. The largest absolute Gasteiger partial charge is 0.322 e. The summed E-state index contributed by atoms with van der Waals surface area (Å²) in [7, 11) is -3.68. The van der Waals surface area contributed by atoms with Crippen LogP contribution in [0.4, 0.5) is 15.8 Å². The summed E-state index contributed by atoms with van der Waals surface area (Å²) < 4.78 is 40.3. The molecule has 28 heavy (non-hydrogen) atoms. The van der Waals surface area contributed by atoms with Crippen molar-refractivity contribution in [3.05, 3.63) is 89.7 Å². The van der Waals surface area contributed by atoms with Gasteiger partial charge in [0, 0.05) is 17.8 Å². The monoisotopic (exact) mass is 396 g/mol. The number of amides is 1. The average molecular weight is 396 g/mol. The minimum absolute atomic E-state index is 0.156. The molecule has 1 amide bonds. The van der Waals surface area contributed by atoms with Gasteiger partial charge in [-0.05, 0) is 66.6 Å². The highest BCUT2D eigenvalue weighted by molar-refractivity contribution is 7.92. The lowest BCUT2D eigenvalue weighted by atomic mass is 10.2. The molecule has 3 aromatic carbocycles. The van der Waals surface area contributed by atoms with E-state index in [2.05, 4.69) is 5.32 Å². The maximum atomic E-state index is 13.0. The number of halogens is 1. The summed E-state index contributed by atoms with van der Waals surface area (Å²) in [6, 6.07) is 18.6. The molecule has 0 unspecified atom stereocenters. The number of fused-ring (bicyclic) bond motifs is 1. The number of carbonyl (C=O) groups is 1. The van der Waals surface area contributed by atoms with E-state index in [9.17, 15) is 17.6 Å². The Kier molecular flexibility index (Phi) is 4.60. The van der Waals surface area contributed by atoms with Gasteiger partial charge in [-0.25, -0.2) is 12.8 Å². The second-order valence-corrected chi connectivity index (χ2v) is 8.30. The van der Waals surface area contributed by atoms with Crippen molar-refractivity contribution in [1.29, 1.82) is 0 Å². The van der Waals surface area contributed by atoms with Gasteiger partial charge in [-0.2, -0.15) is 0 Å². The van der Waals surface area contributed by atoms with Crippen molar-refractivity contribution in [3.63, 3.8) is 0 Å². The molecule has 0 radical (unpaired) electrons. The Morgan fingerprint density at radius 2 is 1.61 bits per heavy atom. The van der Waals surface area contributed by atoms with E-state index < -0.39 is 21.7 Å². The normalized spacial score (nSPS) is 13.2. The Hall–Kier alpha value is -3.19. The first-order valence-electron chi connectivity index (χ1n) is 8.73. The van der Waals surface area contributed by atoms with E-state index in [4.69, 9.17) is 0 Å². The Balaban J connectivity index is 1.53. The predicted octanol–water partition coefficient (Wildman–Crippen LogP) is 3.83. The molecule has 0 saturated carbocycles. The number of carbonyl (C=O) groups excluding carboxylic acids is 1. The van der Waals surface area contributed by atoms with Crippen LogP contribution in [0.15, 0.2) is 77.7 Å². The molecule has 0 aliphatic carbocycles. The fraction of sp³-hybridized carbons (Fsp3) is 0.0952. The van der Waals surface area contributed by atoms with E-state index in [1.54, 1.807) is 6.07 Å². The molecule has 5 nitrogen and oxygen atoms in total. The lowest BCUT2D eigenvalue weighted by Gasteiger charge is -2.19. The molecular weight excluding hydrogens is 379 g/mol. The van der Waals surface area contributed by atoms with Crippen molar-refractivity contribution in [2.24, 2.45) is 0 Å². The number of hydrogen-bond acceptors (Lipinski definition) is 3. The van der Waals surface area contributed by atoms with Crippen LogP contribution < -0.4 is 9.62 Å². The van der Waals surface area contributed by atoms with Crippen molar-refractivity contribution in [1.82, 2.24) is 0 Å². The fourth-order valence-corrected chi connectivity index (χ4v) is 4.70.